The van der Waals surface area contributed by atoms with Crippen LogP contribution in [0.25, 0.3) is 6.08 Å². The van der Waals surface area contributed by atoms with Crippen LogP contribution >= 0.6 is 15.9 Å². The summed E-state index contributed by atoms with van der Waals surface area (Å²) in [5.41, 5.74) is 0.964. The standard InChI is InChI=1S/C18H23BrN2O/c1-2-3-4-5-6-9-12-21-18(22)16(14-20)13-15-10-7-8-11-17(15)19/h7-8,10-11,13H,2-6,9,12H2,1H3,(H,21,22). The van der Waals surface area contributed by atoms with Crippen LogP contribution in [0.2, 0.25) is 0 Å². The highest BCUT2D eigenvalue weighted by atomic mass is 79.9. The average Bonchev–Trinajstić information content (AvgIpc) is 2.53. The van der Waals surface area contributed by atoms with E-state index in [9.17, 15) is 4.79 Å². The van der Waals surface area contributed by atoms with Crippen molar-refractivity contribution < 1.29 is 4.79 Å². The molecule has 0 aliphatic rings. The molecular formula is C18H23BrN2O. The second-order valence-electron chi connectivity index (χ2n) is 5.21. The van der Waals surface area contributed by atoms with Crippen LogP contribution in [-0.4, -0.2) is 12.5 Å². The minimum Gasteiger partial charge on any atom is -0.351 e. The molecule has 1 N–H and O–H groups in total. The number of carbonyl (C=O) groups excluding carboxylic acids is 1. The third-order valence-electron chi connectivity index (χ3n) is 3.39. The van der Waals surface area contributed by atoms with Crippen LogP contribution in [0.4, 0.5) is 0 Å². The molecule has 1 rings (SSSR count). The van der Waals surface area contributed by atoms with E-state index >= 15 is 0 Å². The molecule has 0 unspecified atom stereocenters. The summed E-state index contributed by atoms with van der Waals surface area (Å²) in [5, 5.41) is 12.0. The summed E-state index contributed by atoms with van der Waals surface area (Å²) in [4.78, 5) is 12.0. The molecule has 1 amide bonds. The fourth-order valence-electron chi connectivity index (χ4n) is 2.10. The topological polar surface area (TPSA) is 52.9 Å². The molecule has 0 aromatic heterocycles. The van der Waals surface area contributed by atoms with Crippen LogP contribution in [0, 0.1) is 11.3 Å². The number of hydrogen-bond acceptors (Lipinski definition) is 2. The normalized spacial score (nSPS) is 11.0. The van der Waals surface area contributed by atoms with Gasteiger partial charge in [-0.3, -0.25) is 4.79 Å². The first kappa shape index (κ1) is 18.4. The Kier molecular flexibility index (Phi) is 9.25. The summed E-state index contributed by atoms with van der Waals surface area (Å²) < 4.78 is 0.867. The van der Waals surface area contributed by atoms with Gasteiger partial charge in [-0.2, -0.15) is 5.26 Å². The molecular weight excluding hydrogens is 340 g/mol. The fourth-order valence-corrected chi connectivity index (χ4v) is 2.50. The van der Waals surface area contributed by atoms with E-state index in [1.807, 2.05) is 30.3 Å². The molecule has 1 aromatic rings. The Balaban J connectivity index is 2.43. The highest BCUT2D eigenvalue weighted by molar-refractivity contribution is 9.10. The quantitative estimate of drug-likeness (QED) is 0.388. The molecule has 118 valence electrons. The number of benzene rings is 1. The van der Waals surface area contributed by atoms with E-state index in [-0.39, 0.29) is 11.5 Å². The minimum atomic E-state index is -0.299. The molecule has 0 fully saturated rings. The van der Waals surface area contributed by atoms with Gasteiger partial charge in [0.15, 0.2) is 0 Å². The molecule has 0 aliphatic carbocycles. The smallest absolute Gasteiger partial charge is 0.261 e. The number of nitriles is 1. The molecule has 0 spiro atoms. The van der Waals surface area contributed by atoms with Crippen LogP contribution in [0.5, 0.6) is 0 Å². The summed E-state index contributed by atoms with van der Waals surface area (Å²) in [6.07, 6.45) is 8.68. The summed E-state index contributed by atoms with van der Waals surface area (Å²) >= 11 is 3.41. The lowest BCUT2D eigenvalue weighted by molar-refractivity contribution is -0.117. The molecule has 22 heavy (non-hydrogen) atoms. The highest BCUT2D eigenvalue weighted by Crippen LogP contribution is 2.18. The zero-order valence-corrected chi connectivity index (χ0v) is 14.7. The van der Waals surface area contributed by atoms with Crippen LogP contribution in [-0.2, 0) is 4.79 Å². The Labute approximate surface area is 141 Å². The first-order valence-corrected chi connectivity index (χ1v) is 8.63. The lowest BCUT2D eigenvalue weighted by Crippen LogP contribution is -2.25. The molecule has 0 aliphatic heterocycles. The summed E-state index contributed by atoms with van der Waals surface area (Å²) in [6, 6.07) is 9.49. The second-order valence-corrected chi connectivity index (χ2v) is 6.07. The van der Waals surface area contributed by atoms with Crippen molar-refractivity contribution in [3.63, 3.8) is 0 Å². The predicted molar refractivity (Wildman–Crippen MR) is 94.1 cm³/mol. The number of nitrogens with zero attached hydrogens (tertiary/aromatic N) is 1. The number of hydrogen-bond donors (Lipinski definition) is 1. The highest BCUT2D eigenvalue weighted by Gasteiger charge is 2.09. The minimum absolute atomic E-state index is 0.137. The summed E-state index contributed by atoms with van der Waals surface area (Å²) in [7, 11) is 0. The van der Waals surface area contributed by atoms with Gasteiger partial charge in [-0.15, -0.1) is 0 Å². The maximum atomic E-state index is 12.0. The molecule has 0 saturated carbocycles. The predicted octanol–water partition coefficient (Wildman–Crippen LogP) is 4.83. The maximum absolute atomic E-state index is 12.0. The van der Waals surface area contributed by atoms with E-state index in [1.165, 1.54) is 25.7 Å². The Morgan fingerprint density at radius 2 is 1.91 bits per heavy atom. The maximum Gasteiger partial charge on any atom is 0.261 e. The Bertz CT molecular complexity index is 546. The number of halogens is 1. The molecule has 3 nitrogen and oxygen atoms in total. The number of carbonyl (C=O) groups is 1. The summed E-state index contributed by atoms with van der Waals surface area (Å²) in [6.45, 7) is 2.82. The molecule has 4 heteroatoms. The van der Waals surface area contributed by atoms with E-state index < -0.39 is 0 Å². The number of rotatable bonds is 9. The Hall–Kier alpha value is -1.60. The summed E-state index contributed by atoms with van der Waals surface area (Å²) in [5.74, 6) is -0.299. The van der Waals surface area contributed by atoms with E-state index in [2.05, 4.69) is 28.2 Å². The SMILES string of the molecule is CCCCCCCCNC(=O)C(C#N)=Cc1ccccc1Br. The Morgan fingerprint density at radius 1 is 1.23 bits per heavy atom. The number of amides is 1. The van der Waals surface area contributed by atoms with Gasteiger partial charge in [0.25, 0.3) is 5.91 Å². The van der Waals surface area contributed by atoms with Gasteiger partial charge in [-0.05, 0) is 24.1 Å². The van der Waals surface area contributed by atoms with Gasteiger partial charge in [-0.25, -0.2) is 0 Å². The van der Waals surface area contributed by atoms with Crippen molar-refractivity contribution >= 4 is 27.9 Å². The van der Waals surface area contributed by atoms with Crippen LogP contribution in [0.15, 0.2) is 34.3 Å². The van der Waals surface area contributed by atoms with Crippen molar-refractivity contribution in [2.75, 3.05) is 6.54 Å². The van der Waals surface area contributed by atoms with Crippen LogP contribution < -0.4 is 5.32 Å². The first-order valence-electron chi connectivity index (χ1n) is 7.83. The van der Waals surface area contributed by atoms with Crippen molar-refractivity contribution in [1.29, 1.82) is 5.26 Å². The monoisotopic (exact) mass is 362 g/mol. The van der Waals surface area contributed by atoms with E-state index in [0.717, 1.165) is 22.9 Å². The lowest BCUT2D eigenvalue weighted by Gasteiger charge is -2.05. The third kappa shape index (κ3) is 6.91. The Morgan fingerprint density at radius 3 is 2.59 bits per heavy atom. The van der Waals surface area contributed by atoms with E-state index in [0.29, 0.717) is 6.54 Å². The molecule has 0 bridgehead atoms. The first-order chi connectivity index (χ1) is 10.7. The van der Waals surface area contributed by atoms with Gasteiger partial charge in [0.05, 0.1) is 0 Å². The zero-order valence-electron chi connectivity index (χ0n) is 13.1. The fraction of sp³-hybridized carbons (Fsp3) is 0.444. The molecule has 0 saturated heterocycles. The molecule has 0 atom stereocenters. The van der Waals surface area contributed by atoms with Gasteiger partial charge >= 0.3 is 0 Å². The largest absolute Gasteiger partial charge is 0.351 e. The van der Waals surface area contributed by atoms with E-state index in [1.54, 1.807) is 6.08 Å². The van der Waals surface area contributed by atoms with Crippen molar-refractivity contribution in [1.82, 2.24) is 5.32 Å². The van der Waals surface area contributed by atoms with Crippen molar-refractivity contribution in [3.05, 3.63) is 39.9 Å². The van der Waals surface area contributed by atoms with Crippen LogP contribution in [0.1, 0.15) is 51.0 Å². The van der Waals surface area contributed by atoms with Crippen molar-refractivity contribution in [2.45, 2.75) is 45.4 Å². The van der Waals surface area contributed by atoms with Gasteiger partial charge in [0, 0.05) is 11.0 Å². The number of nitrogens with one attached hydrogen (secondary N) is 1. The van der Waals surface area contributed by atoms with Crippen LogP contribution in [0.3, 0.4) is 0 Å². The van der Waals surface area contributed by atoms with Gasteiger partial charge < -0.3 is 5.32 Å². The molecule has 0 heterocycles. The van der Waals surface area contributed by atoms with Gasteiger partial charge in [0.1, 0.15) is 11.6 Å². The third-order valence-corrected chi connectivity index (χ3v) is 4.11. The van der Waals surface area contributed by atoms with E-state index in [4.69, 9.17) is 5.26 Å². The lowest BCUT2D eigenvalue weighted by atomic mass is 10.1. The number of unbranched alkanes of at least 4 members (excludes halogenated alkanes) is 5. The van der Waals surface area contributed by atoms with Gasteiger partial charge in [-0.1, -0.05) is 73.2 Å². The van der Waals surface area contributed by atoms with Crippen molar-refractivity contribution in [3.8, 4) is 6.07 Å². The van der Waals surface area contributed by atoms with Crippen molar-refractivity contribution in [2.24, 2.45) is 0 Å². The molecule has 0 radical (unpaired) electrons. The average molecular weight is 363 g/mol. The molecule has 1 aromatic carbocycles. The second kappa shape index (κ2) is 11.0. The van der Waals surface area contributed by atoms with Gasteiger partial charge in [0.2, 0.25) is 0 Å². The zero-order chi connectivity index (χ0) is 16.2.